The second-order valence-corrected chi connectivity index (χ2v) is 7.28. The fourth-order valence-electron chi connectivity index (χ4n) is 2.17. The summed E-state index contributed by atoms with van der Waals surface area (Å²) < 4.78 is 31.6. The fourth-order valence-corrected chi connectivity index (χ4v) is 3.70. The first-order chi connectivity index (χ1) is 11.5. The first kappa shape index (κ1) is 16.4. The van der Waals surface area contributed by atoms with Gasteiger partial charge >= 0.3 is 0 Å². The molecule has 0 unspecified atom stereocenters. The molecule has 0 amide bonds. The smallest absolute Gasteiger partial charge is 0.272 e. The van der Waals surface area contributed by atoms with E-state index >= 15 is 0 Å². The van der Waals surface area contributed by atoms with Gasteiger partial charge in [0.25, 0.3) is 5.16 Å². The number of hydrogen-bond donors (Lipinski definition) is 0. The highest BCUT2D eigenvalue weighted by Crippen LogP contribution is 2.20. The van der Waals surface area contributed by atoms with Crippen LogP contribution in [0.5, 0.6) is 5.75 Å². The summed E-state index contributed by atoms with van der Waals surface area (Å²) in [6, 6.07) is 13.4. The summed E-state index contributed by atoms with van der Waals surface area (Å²) in [5.74, 6) is 0.402. The minimum absolute atomic E-state index is 0.229. The third kappa shape index (κ3) is 3.39. The Labute approximate surface area is 143 Å². The first-order valence-electron chi connectivity index (χ1n) is 6.89. The number of ether oxygens (including phenoxy) is 1. The van der Waals surface area contributed by atoms with Gasteiger partial charge in [-0.1, -0.05) is 28.8 Å². The van der Waals surface area contributed by atoms with Gasteiger partial charge in [0, 0.05) is 5.02 Å². The van der Waals surface area contributed by atoms with Gasteiger partial charge in [0.1, 0.15) is 5.75 Å². The van der Waals surface area contributed by atoms with E-state index in [-0.39, 0.29) is 10.9 Å². The second-order valence-electron chi connectivity index (χ2n) is 4.96. The van der Waals surface area contributed by atoms with Crippen molar-refractivity contribution in [2.24, 2.45) is 0 Å². The molecule has 0 spiro atoms. The van der Waals surface area contributed by atoms with Crippen molar-refractivity contribution in [2.45, 2.75) is 10.9 Å². The quantitative estimate of drug-likeness (QED) is 0.690. The van der Waals surface area contributed by atoms with Crippen molar-refractivity contribution in [1.82, 2.24) is 20.2 Å². The molecule has 7 nitrogen and oxygen atoms in total. The molecule has 0 atom stereocenters. The Balaban J connectivity index is 1.96. The van der Waals surface area contributed by atoms with E-state index in [4.69, 9.17) is 16.3 Å². The molecule has 3 aromatic rings. The molecule has 1 heterocycles. The topological polar surface area (TPSA) is 87.0 Å². The van der Waals surface area contributed by atoms with Crippen molar-refractivity contribution in [3.63, 3.8) is 0 Å². The highest BCUT2D eigenvalue weighted by molar-refractivity contribution is 7.90. The minimum Gasteiger partial charge on any atom is -0.497 e. The molecule has 2 aromatic carbocycles. The predicted molar refractivity (Wildman–Crippen MR) is 88.0 cm³/mol. The Morgan fingerprint density at radius 3 is 2.58 bits per heavy atom. The minimum atomic E-state index is -3.74. The lowest BCUT2D eigenvalue weighted by Gasteiger charge is -2.07. The molecule has 0 radical (unpaired) electrons. The average Bonchev–Trinajstić information content (AvgIpc) is 3.05. The lowest BCUT2D eigenvalue weighted by molar-refractivity contribution is 0.414. The zero-order valence-electron chi connectivity index (χ0n) is 12.6. The number of aromatic nitrogens is 4. The van der Waals surface area contributed by atoms with Crippen LogP contribution in [0.4, 0.5) is 0 Å². The van der Waals surface area contributed by atoms with E-state index in [1.165, 1.54) is 4.68 Å². The Hall–Kier alpha value is -2.45. The SMILES string of the molecule is COc1ccc(-n2nnnc2S(=O)(=O)Cc2cccc(Cl)c2)cc1. The number of sulfone groups is 1. The number of halogens is 1. The van der Waals surface area contributed by atoms with Gasteiger partial charge in [-0.25, -0.2) is 8.42 Å². The van der Waals surface area contributed by atoms with Gasteiger partial charge < -0.3 is 4.74 Å². The maximum atomic E-state index is 12.7. The molecule has 9 heteroatoms. The van der Waals surface area contributed by atoms with Gasteiger partial charge in [0.2, 0.25) is 9.84 Å². The Bertz CT molecular complexity index is 955. The summed E-state index contributed by atoms with van der Waals surface area (Å²) in [7, 11) is -2.20. The van der Waals surface area contributed by atoms with Crippen molar-refractivity contribution in [3.05, 3.63) is 59.1 Å². The highest BCUT2D eigenvalue weighted by atomic mass is 35.5. The summed E-state index contributed by atoms with van der Waals surface area (Å²) in [5.41, 5.74) is 1.08. The molecule has 0 saturated carbocycles. The van der Waals surface area contributed by atoms with E-state index in [1.807, 2.05) is 0 Å². The molecule has 0 aliphatic rings. The normalized spacial score (nSPS) is 11.4. The van der Waals surface area contributed by atoms with Crippen molar-refractivity contribution < 1.29 is 13.2 Å². The maximum Gasteiger partial charge on any atom is 0.272 e. The van der Waals surface area contributed by atoms with Gasteiger partial charge in [0.15, 0.2) is 0 Å². The molecule has 0 aliphatic heterocycles. The molecule has 0 saturated heterocycles. The molecule has 0 N–H and O–H groups in total. The van der Waals surface area contributed by atoms with Crippen LogP contribution < -0.4 is 4.74 Å². The van der Waals surface area contributed by atoms with E-state index in [1.54, 1.807) is 55.6 Å². The monoisotopic (exact) mass is 364 g/mol. The van der Waals surface area contributed by atoms with E-state index in [9.17, 15) is 8.42 Å². The molecule has 3 rings (SSSR count). The summed E-state index contributed by atoms with van der Waals surface area (Å²) >= 11 is 5.90. The molecule has 0 bridgehead atoms. The first-order valence-corrected chi connectivity index (χ1v) is 8.92. The average molecular weight is 365 g/mol. The number of tetrazole rings is 1. The van der Waals surface area contributed by atoms with E-state index in [0.717, 1.165) is 0 Å². The van der Waals surface area contributed by atoms with Gasteiger partial charge in [-0.2, -0.15) is 4.68 Å². The van der Waals surface area contributed by atoms with Crippen LogP contribution in [0.25, 0.3) is 5.69 Å². The van der Waals surface area contributed by atoms with Crippen molar-refractivity contribution >= 4 is 21.4 Å². The van der Waals surface area contributed by atoms with Crippen LogP contribution in [0, 0.1) is 0 Å². The lowest BCUT2D eigenvalue weighted by atomic mass is 10.2. The lowest BCUT2D eigenvalue weighted by Crippen LogP contribution is -2.13. The van der Waals surface area contributed by atoms with Gasteiger partial charge in [-0.05, 0) is 52.4 Å². The number of hydrogen-bond acceptors (Lipinski definition) is 6. The van der Waals surface area contributed by atoms with Crippen LogP contribution in [-0.4, -0.2) is 35.7 Å². The summed E-state index contributed by atoms with van der Waals surface area (Å²) in [4.78, 5) is 0. The van der Waals surface area contributed by atoms with Crippen LogP contribution in [-0.2, 0) is 15.6 Å². The van der Waals surface area contributed by atoms with Crippen molar-refractivity contribution in [1.29, 1.82) is 0 Å². The van der Waals surface area contributed by atoms with Crippen LogP contribution in [0.2, 0.25) is 5.02 Å². The molecular weight excluding hydrogens is 352 g/mol. The van der Waals surface area contributed by atoms with Crippen LogP contribution in [0.15, 0.2) is 53.7 Å². The molecule has 0 fully saturated rings. The highest BCUT2D eigenvalue weighted by Gasteiger charge is 2.24. The van der Waals surface area contributed by atoms with Crippen LogP contribution >= 0.6 is 11.6 Å². The zero-order chi connectivity index (χ0) is 17.2. The standard InChI is InChI=1S/C15H13ClN4O3S/c1-23-14-7-5-13(6-8-14)20-15(17-18-19-20)24(21,22)10-11-3-2-4-12(16)9-11/h2-9H,10H2,1H3. The van der Waals surface area contributed by atoms with Crippen molar-refractivity contribution in [3.8, 4) is 11.4 Å². The Morgan fingerprint density at radius 2 is 1.92 bits per heavy atom. The Kier molecular flexibility index (Phi) is 4.50. The third-order valence-corrected chi connectivity index (χ3v) is 5.04. The van der Waals surface area contributed by atoms with Gasteiger partial charge in [-0.3, -0.25) is 0 Å². The second kappa shape index (κ2) is 6.58. The van der Waals surface area contributed by atoms with E-state index < -0.39 is 9.84 Å². The number of benzene rings is 2. The zero-order valence-corrected chi connectivity index (χ0v) is 14.2. The van der Waals surface area contributed by atoms with Gasteiger partial charge in [-0.15, -0.1) is 0 Å². The van der Waals surface area contributed by atoms with Gasteiger partial charge in [0.05, 0.1) is 18.6 Å². The number of rotatable bonds is 5. The van der Waals surface area contributed by atoms with Crippen molar-refractivity contribution in [2.75, 3.05) is 7.11 Å². The summed E-state index contributed by atoms with van der Waals surface area (Å²) in [5, 5.41) is 11.2. The van der Waals surface area contributed by atoms with Crippen LogP contribution in [0.3, 0.4) is 0 Å². The molecule has 1 aromatic heterocycles. The molecular formula is C15H13ClN4O3S. The number of nitrogens with zero attached hydrogens (tertiary/aromatic N) is 4. The molecule has 24 heavy (non-hydrogen) atoms. The van der Waals surface area contributed by atoms with E-state index in [0.29, 0.717) is 22.0 Å². The Morgan fingerprint density at radius 1 is 1.17 bits per heavy atom. The largest absolute Gasteiger partial charge is 0.497 e. The fraction of sp³-hybridized carbons (Fsp3) is 0.133. The summed E-state index contributed by atoms with van der Waals surface area (Å²) in [6.07, 6.45) is 0. The molecule has 124 valence electrons. The third-order valence-electron chi connectivity index (χ3n) is 3.28. The number of methoxy groups -OCH3 is 1. The van der Waals surface area contributed by atoms with E-state index in [2.05, 4.69) is 15.5 Å². The van der Waals surface area contributed by atoms with Crippen LogP contribution in [0.1, 0.15) is 5.56 Å². The summed E-state index contributed by atoms with van der Waals surface area (Å²) in [6.45, 7) is 0. The molecule has 0 aliphatic carbocycles. The predicted octanol–water partition coefficient (Wildman–Crippen LogP) is 2.30. The maximum absolute atomic E-state index is 12.7.